The maximum Gasteiger partial charge on any atom is 0.220 e. The minimum atomic E-state index is -0.392. The summed E-state index contributed by atoms with van der Waals surface area (Å²) in [5.41, 5.74) is 2.96. The molecule has 3 heteroatoms. The van der Waals surface area contributed by atoms with Crippen LogP contribution in [0.25, 0.3) is 10.8 Å². The van der Waals surface area contributed by atoms with Gasteiger partial charge >= 0.3 is 0 Å². The monoisotopic (exact) mass is 361 g/mol. The number of aromatic hydroxyl groups is 1. The molecule has 0 heterocycles. The van der Waals surface area contributed by atoms with Crippen molar-refractivity contribution in [1.29, 1.82) is 0 Å². The smallest absolute Gasteiger partial charge is 0.220 e. The minimum Gasteiger partial charge on any atom is -0.508 e. The summed E-state index contributed by atoms with van der Waals surface area (Å²) in [4.78, 5) is 12.4. The number of carbonyl (C=O) groups is 1. The van der Waals surface area contributed by atoms with Gasteiger partial charge in [-0.05, 0) is 40.3 Å². The number of nitrogens with one attached hydrogen (secondary N) is 1. The number of hydrogen-bond donors (Lipinski definition) is 2. The van der Waals surface area contributed by atoms with Gasteiger partial charge in [0.05, 0.1) is 6.04 Å². The van der Waals surface area contributed by atoms with Crippen LogP contribution in [0, 0.1) is 0 Å². The van der Waals surface area contributed by atoms with Crippen molar-refractivity contribution in [2.24, 2.45) is 0 Å². The molecule has 140 valence electrons. The SMILES string of the molecule is CCCC(=O)N[C@H](c1ccc(C(C)C)cc1)c1c(O)ccc2ccccc12. The molecule has 0 saturated heterocycles. The third kappa shape index (κ3) is 4.13. The molecular formula is C24H27NO2. The molecule has 3 aromatic carbocycles. The summed E-state index contributed by atoms with van der Waals surface area (Å²) in [6, 6.07) is 19.5. The number of hydrogen-bond acceptors (Lipinski definition) is 2. The second-order valence-corrected chi connectivity index (χ2v) is 7.29. The summed E-state index contributed by atoms with van der Waals surface area (Å²) in [6.07, 6.45) is 1.25. The first-order chi connectivity index (χ1) is 13.0. The van der Waals surface area contributed by atoms with Gasteiger partial charge in [-0.15, -0.1) is 0 Å². The normalized spacial score (nSPS) is 12.3. The molecule has 0 radical (unpaired) electrons. The van der Waals surface area contributed by atoms with Crippen LogP contribution < -0.4 is 5.32 Å². The quantitative estimate of drug-likeness (QED) is 0.594. The van der Waals surface area contributed by atoms with Crippen LogP contribution in [-0.4, -0.2) is 11.0 Å². The molecule has 0 aromatic heterocycles. The predicted molar refractivity (Wildman–Crippen MR) is 111 cm³/mol. The molecule has 0 fully saturated rings. The van der Waals surface area contributed by atoms with Crippen molar-refractivity contribution in [2.45, 2.75) is 45.6 Å². The highest BCUT2D eigenvalue weighted by molar-refractivity contribution is 5.89. The molecule has 0 aliphatic heterocycles. The first kappa shape index (κ1) is 19.0. The average Bonchev–Trinajstić information content (AvgIpc) is 2.67. The van der Waals surface area contributed by atoms with Crippen molar-refractivity contribution in [3.05, 3.63) is 77.4 Å². The molecule has 2 N–H and O–H groups in total. The van der Waals surface area contributed by atoms with Gasteiger partial charge in [0.15, 0.2) is 0 Å². The van der Waals surface area contributed by atoms with Gasteiger partial charge < -0.3 is 10.4 Å². The van der Waals surface area contributed by atoms with Gasteiger partial charge in [0.25, 0.3) is 0 Å². The van der Waals surface area contributed by atoms with Gasteiger partial charge in [-0.2, -0.15) is 0 Å². The van der Waals surface area contributed by atoms with Gasteiger partial charge in [0, 0.05) is 12.0 Å². The average molecular weight is 361 g/mol. The molecule has 0 spiro atoms. The molecule has 0 aliphatic rings. The molecular weight excluding hydrogens is 334 g/mol. The van der Waals surface area contributed by atoms with Crippen molar-refractivity contribution in [3.63, 3.8) is 0 Å². The Balaban J connectivity index is 2.13. The number of amides is 1. The molecule has 1 amide bonds. The Labute approximate surface area is 161 Å². The van der Waals surface area contributed by atoms with Crippen LogP contribution in [0.5, 0.6) is 5.75 Å². The molecule has 3 aromatic rings. The number of phenols is 1. The van der Waals surface area contributed by atoms with E-state index in [0.717, 1.165) is 28.3 Å². The zero-order chi connectivity index (χ0) is 19.4. The highest BCUT2D eigenvalue weighted by Gasteiger charge is 2.22. The van der Waals surface area contributed by atoms with E-state index in [1.807, 2.05) is 49.4 Å². The second kappa shape index (κ2) is 8.26. The Morgan fingerprint density at radius 3 is 2.30 bits per heavy atom. The number of fused-ring (bicyclic) bond motifs is 1. The van der Waals surface area contributed by atoms with E-state index in [9.17, 15) is 9.90 Å². The van der Waals surface area contributed by atoms with E-state index in [1.165, 1.54) is 5.56 Å². The van der Waals surface area contributed by atoms with Crippen molar-refractivity contribution in [1.82, 2.24) is 5.32 Å². The van der Waals surface area contributed by atoms with Gasteiger partial charge in [0.1, 0.15) is 5.75 Å². The predicted octanol–water partition coefficient (Wildman–Crippen LogP) is 5.67. The summed E-state index contributed by atoms with van der Waals surface area (Å²) in [5.74, 6) is 0.629. The maximum atomic E-state index is 12.4. The van der Waals surface area contributed by atoms with E-state index >= 15 is 0 Å². The first-order valence-electron chi connectivity index (χ1n) is 9.61. The Hall–Kier alpha value is -2.81. The number of phenolic OH excluding ortho intramolecular Hbond substituents is 1. The Morgan fingerprint density at radius 2 is 1.63 bits per heavy atom. The van der Waals surface area contributed by atoms with Crippen LogP contribution in [0.4, 0.5) is 0 Å². The zero-order valence-corrected chi connectivity index (χ0v) is 16.2. The third-order valence-corrected chi connectivity index (χ3v) is 4.96. The van der Waals surface area contributed by atoms with E-state index in [2.05, 4.69) is 31.3 Å². The van der Waals surface area contributed by atoms with Crippen LogP contribution >= 0.6 is 0 Å². The highest BCUT2D eigenvalue weighted by atomic mass is 16.3. The molecule has 3 nitrogen and oxygen atoms in total. The van der Waals surface area contributed by atoms with E-state index in [0.29, 0.717) is 12.3 Å². The summed E-state index contributed by atoms with van der Waals surface area (Å²) in [6.45, 7) is 6.31. The fraction of sp³-hybridized carbons (Fsp3) is 0.292. The largest absolute Gasteiger partial charge is 0.508 e. The Bertz CT molecular complexity index is 929. The zero-order valence-electron chi connectivity index (χ0n) is 16.2. The van der Waals surface area contributed by atoms with Crippen molar-refractivity contribution < 1.29 is 9.90 Å². The summed E-state index contributed by atoms with van der Waals surface area (Å²) >= 11 is 0. The molecule has 0 unspecified atom stereocenters. The molecule has 3 rings (SSSR count). The fourth-order valence-corrected chi connectivity index (χ4v) is 3.44. The molecule has 0 saturated carbocycles. The minimum absolute atomic E-state index is 0.0113. The maximum absolute atomic E-state index is 12.4. The van der Waals surface area contributed by atoms with Crippen molar-refractivity contribution >= 4 is 16.7 Å². The van der Waals surface area contributed by atoms with Crippen molar-refractivity contribution in [3.8, 4) is 5.75 Å². The highest BCUT2D eigenvalue weighted by Crippen LogP contribution is 2.36. The standard InChI is InChI=1S/C24H27NO2/c1-4-7-22(27)25-24(19-12-10-17(11-13-19)16(2)3)23-20-9-6-5-8-18(20)14-15-21(23)26/h5-6,8-16,24,26H,4,7H2,1-3H3,(H,25,27)/t24-/m1/s1. The van der Waals surface area contributed by atoms with Crippen LogP contribution in [0.2, 0.25) is 0 Å². The number of benzene rings is 3. The van der Waals surface area contributed by atoms with Gasteiger partial charge in [-0.1, -0.05) is 75.4 Å². The molecule has 1 atom stereocenters. The lowest BCUT2D eigenvalue weighted by Crippen LogP contribution is -2.29. The van der Waals surface area contributed by atoms with E-state index in [-0.39, 0.29) is 11.7 Å². The lowest BCUT2D eigenvalue weighted by atomic mass is 9.91. The van der Waals surface area contributed by atoms with Gasteiger partial charge in [0.2, 0.25) is 5.91 Å². The fourth-order valence-electron chi connectivity index (χ4n) is 3.44. The van der Waals surface area contributed by atoms with Crippen LogP contribution in [0.1, 0.15) is 62.3 Å². The van der Waals surface area contributed by atoms with Gasteiger partial charge in [-0.25, -0.2) is 0 Å². The van der Waals surface area contributed by atoms with Crippen LogP contribution in [0.3, 0.4) is 0 Å². The van der Waals surface area contributed by atoms with Crippen molar-refractivity contribution in [2.75, 3.05) is 0 Å². The Morgan fingerprint density at radius 1 is 0.963 bits per heavy atom. The van der Waals surface area contributed by atoms with E-state index < -0.39 is 6.04 Å². The summed E-state index contributed by atoms with van der Waals surface area (Å²) in [7, 11) is 0. The lowest BCUT2D eigenvalue weighted by molar-refractivity contribution is -0.121. The molecule has 0 aliphatic carbocycles. The second-order valence-electron chi connectivity index (χ2n) is 7.29. The van der Waals surface area contributed by atoms with E-state index in [4.69, 9.17) is 0 Å². The third-order valence-electron chi connectivity index (χ3n) is 4.96. The Kier molecular flexibility index (Phi) is 5.80. The van der Waals surface area contributed by atoms with Crippen LogP contribution in [0.15, 0.2) is 60.7 Å². The molecule has 0 bridgehead atoms. The molecule has 27 heavy (non-hydrogen) atoms. The summed E-state index contributed by atoms with van der Waals surface area (Å²) in [5, 5.41) is 15.8. The lowest BCUT2D eigenvalue weighted by Gasteiger charge is -2.23. The first-order valence-corrected chi connectivity index (χ1v) is 9.61. The van der Waals surface area contributed by atoms with Gasteiger partial charge in [-0.3, -0.25) is 4.79 Å². The van der Waals surface area contributed by atoms with Crippen LogP contribution in [-0.2, 0) is 4.79 Å². The van der Waals surface area contributed by atoms with E-state index in [1.54, 1.807) is 6.07 Å². The number of rotatable bonds is 6. The number of carbonyl (C=O) groups excluding carboxylic acids is 1. The summed E-state index contributed by atoms with van der Waals surface area (Å²) < 4.78 is 0. The topological polar surface area (TPSA) is 49.3 Å².